The molecule has 0 aliphatic heterocycles. The van der Waals surface area contributed by atoms with Crippen LogP contribution in [0.3, 0.4) is 0 Å². The highest BCUT2D eigenvalue weighted by atomic mass is 79.9. The van der Waals surface area contributed by atoms with Crippen molar-refractivity contribution in [1.82, 2.24) is 9.97 Å². The molecule has 2 aromatic rings. The number of rotatable bonds is 5. The largest absolute Gasteiger partial charge is 0.369 e. The van der Waals surface area contributed by atoms with Gasteiger partial charge in [-0.1, -0.05) is 13.8 Å². The number of halogens is 2. The third-order valence-corrected chi connectivity index (χ3v) is 5.04. The van der Waals surface area contributed by atoms with Crippen LogP contribution < -0.4 is 5.32 Å². The molecular weight excluding hydrogens is 390 g/mol. The molecule has 0 fully saturated rings. The number of anilines is 1. The summed E-state index contributed by atoms with van der Waals surface area (Å²) < 4.78 is 2.07. The molecule has 0 radical (unpaired) electrons. The van der Waals surface area contributed by atoms with E-state index in [0.29, 0.717) is 0 Å². The van der Waals surface area contributed by atoms with Crippen LogP contribution in [0.25, 0.3) is 10.7 Å². The van der Waals surface area contributed by atoms with E-state index in [1.165, 1.54) is 0 Å². The topological polar surface area (TPSA) is 37.8 Å². The minimum absolute atomic E-state index is 0.786. The molecule has 2 rings (SSSR count). The summed E-state index contributed by atoms with van der Waals surface area (Å²) in [6.45, 7) is 5.15. The monoisotopic (exact) mass is 403 g/mol. The van der Waals surface area contributed by atoms with Crippen LogP contribution in [0.15, 0.2) is 20.4 Å². The van der Waals surface area contributed by atoms with E-state index in [0.717, 1.165) is 49.9 Å². The molecule has 0 atom stereocenters. The Morgan fingerprint density at radius 1 is 1.21 bits per heavy atom. The Kier molecular flexibility index (Phi) is 5.36. The van der Waals surface area contributed by atoms with Crippen molar-refractivity contribution in [1.29, 1.82) is 0 Å². The number of thiophene rings is 1. The minimum Gasteiger partial charge on any atom is -0.369 e. The molecule has 1 N–H and O–H groups in total. The SMILES string of the molecule is CCCNc1nc(-c2ccc(Br)s2)nc(CC)c1Br. The van der Waals surface area contributed by atoms with Gasteiger partial charge in [-0.15, -0.1) is 11.3 Å². The van der Waals surface area contributed by atoms with Gasteiger partial charge in [-0.05, 0) is 56.8 Å². The van der Waals surface area contributed by atoms with Crippen molar-refractivity contribution in [3.8, 4) is 10.7 Å². The summed E-state index contributed by atoms with van der Waals surface area (Å²) in [7, 11) is 0. The highest BCUT2D eigenvalue weighted by molar-refractivity contribution is 9.11. The van der Waals surface area contributed by atoms with E-state index in [9.17, 15) is 0 Å². The number of aromatic nitrogens is 2. The molecule has 2 heterocycles. The van der Waals surface area contributed by atoms with Crippen LogP contribution in [0.4, 0.5) is 5.82 Å². The number of nitrogens with zero attached hydrogens (tertiary/aromatic N) is 2. The average Bonchev–Trinajstić information content (AvgIpc) is 2.84. The Balaban J connectivity index is 2.44. The molecular formula is C13H15Br2N3S. The van der Waals surface area contributed by atoms with Gasteiger partial charge in [-0.3, -0.25) is 0 Å². The lowest BCUT2D eigenvalue weighted by Crippen LogP contribution is -2.06. The second-order valence-corrected chi connectivity index (χ2v) is 7.30. The second-order valence-electron chi connectivity index (χ2n) is 4.04. The maximum absolute atomic E-state index is 4.63. The van der Waals surface area contributed by atoms with E-state index in [1.807, 2.05) is 12.1 Å². The van der Waals surface area contributed by atoms with Crippen molar-refractivity contribution in [3.05, 3.63) is 26.1 Å². The average molecular weight is 405 g/mol. The number of hydrogen-bond donors (Lipinski definition) is 1. The van der Waals surface area contributed by atoms with Crippen LogP contribution in [0, 0.1) is 0 Å². The third-order valence-electron chi connectivity index (χ3n) is 2.59. The molecule has 0 spiro atoms. The standard InChI is InChI=1S/C13H15Br2N3S/c1-3-7-16-13-11(15)8(4-2)17-12(18-13)9-5-6-10(14)19-9/h5-6H,3-4,7H2,1-2H3,(H,16,17,18). The molecule has 0 saturated heterocycles. The summed E-state index contributed by atoms with van der Waals surface area (Å²) in [5.41, 5.74) is 1.04. The molecule has 19 heavy (non-hydrogen) atoms. The van der Waals surface area contributed by atoms with Crippen molar-refractivity contribution < 1.29 is 0 Å². The van der Waals surface area contributed by atoms with E-state index in [4.69, 9.17) is 0 Å². The van der Waals surface area contributed by atoms with E-state index in [-0.39, 0.29) is 0 Å². The van der Waals surface area contributed by atoms with Gasteiger partial charge in [0.25, 0.3) is 0 Å². The Hall–Kier alpha value is -0.460. The molecule has 0 aromatic carbocycles. The molecule has 2 aromatic heterocycles. The third kappa shape index (κ3) is 3.55. The first-order chi connectivity index (χ1) is 9.15. The van der Waals surface area contributed by atoms with Gasteiger partial charge in [-0.2, -0.15) is 0 Å². The summed E-state index contributed by atoms with van der Waals surface area (Å²) in [6.07, 6.45) is 1.95. The maximum Gasteiger partial charge on any atom is 0.171 e. The van der Waals surface area contributed by atoms with Crippen molar-refractivity contribution in [3.63, 3.8) is 0 Å². The van der Waals surface area contributed by atoms with Gasteiger partial charge in [0.2, 0.25) is 0 Å². The Morgan fingerprint density at radius 2 is 2.00 bits per heavy atom. The van der Waals surface area contributed by atoms with Crippen molar-refractivity contribution in [2.75, 3.05) is 11.9 Å². The zero-order chi connectivity index (χ0) is 13.8. The zero-order valence-corrected chi connectivity index (χ0v) is 14.8. The van der Waals surface area contributed by atoms with Crippen LogP contribution in [0.1, 0.15) is 26.0 Å². The molecule has 0 amide bonds. The molecule has 102 valence electrons. The van der Waals surface area contributed by atoms with Gasteiger partial charge >= 0.3 is 0 Å². The summed E-state index contributed by atoms with van der Waals surface area (Å²) in [6, 6.07) is 4.07. The van der Waals surface area contributed by atoms with Crippen molar-refractivity contribution >= 4 is 49.0 Å². The summed E-state index contributed by atoms with van der Waals surface area (Å²) in [5.74, 6) is 1.67. The smallest absolute Gasteiger partial charge is 0.171 e. The van der Waals surface area contributed by atoms with Crippen LogP contribution in [0.2, 0.25) is 0 Å². The Morgan fingerprint density at radius 3 is 2.58 bits per heavy atom. The van der Waals surface area contributed by atoms with Crippen LogP contribution in [0.5, 0.6) is 0 Å². The second kappa shape index (κ2) is 6.81. The van der Waals surface area contributed by atoms with Crippen LogP contribution in [-0.4, -0.2) is 16.5 Å². The lowest BCUT2D eigenvalue weighted by molar-refractivity contribution is 0.945. The molecule has 0 aliphatic rings. The first-order valence-corrected chi connectivity index (χ1v) is 8.62. The highest BCUT2D eigenvalue weighted by Gasteiger charge is 2.13. The Bertz CT molecular complexity index is 569. The summed E-state index contributed by atoms with van der Waals surface area (Å²) in [4.78, 5) is 10.3. The van der Waals surface area contributed by atoms with Crippen LogP contribution >= 0.6 is 43.2 Å². The molecule has 0 bridgehead atoms. The molecule has 0 unspecified atom stereocenters. The first kappa shape index (κ1) is 14.9. The quantitative estimate of drug-likeness (QED) is 0.751. The van der Waals surface area contributed by atoms with Crippen LogP contribution in [-0.2, 0) is 6.42 Å². The fourth-order valence-corrected chi connectivity index (χ4v) is 3.55. The maximum atomic E-state index is 4.63. The molecule has 6 heteroatoms. The normalized spacial score (nSPS) is 10.7. The van der Waals surface area contributed by atoms with Gasteiger partial charge in [-0.25, -0.2) is 9.97 Å². The van der Waals surface area contributed by atoms with E-state index in [1.54, 1.807) is 11.3 Å². The molecule has 0 saturated carbocycles. The highest BCUT2D eigenvalue weighted by Crippen LogP contribution is 2.32. The fourth-order valence-electron chi connectivity index (χ4n) is 1.63. The minimum atomic E-state index is 0.786. The number of aryl methyl sites for hydroxylation is 1. The number of nitrogens with one attached hydrogen (secondary N) is 1. The molecule has 3 nitrogen and oxygen atoms in total. The van der Waals surface area contributed by atoms with E-state index in [2.05, 4.69) is 61.0 Å². The lowest BCUT2D eigenvalue weighted by Gasteiger charge is -2.11. The van der Waals surface area contributed by atoms with Gasteiger partial charge in [0, 0.05) is 6.54 Å². The van der Waals surface area contributed by atoms with Gasteiger partial charge < -0.3 is 5.32 Å². The van der Waals surface area contributed by atoms with Gasteiger partial charge in [0.05, 0.1) is 18.8 Å². The van der Waals surface area contributed by atoms with Gasteiger partial charge in [0.15, 0.2) is 5.82 Å². The number of hydrogen-bond acceptors (Lipinski definition) is 4. The first-order valence-electron chi connectivity index (χ1n) is 6.21. The zero-order valence-electron chi connectivity index (χ0n) is 10.8. The van der Waals surface area contributed by atoms with Crippen molar-refractivity contribution in [2.24, 2.45) is 0 Å². The summed E-state index contributed by atoms with van der Waals surface area (Å²) in [5, 5.41) is 3.35. The fraction of sp³-hybridized carbons (Fsp3) is 0.385. The summed E-state index contributed by atoms with van der Waals surface area (Å²) >= 11 is 8.72. The van der Waals surface area contributed by atoms with Gasteiger partial charge in [0.1, 0.15) is 5.82 Å². The van der Waals surface area contributed by atoms with E-state index >= 15 is 0 Å². The van der Waals surface area contributed by atoms with Crippen molar-refractivity contribution in [2.45, 2.75) is 26.7 Å². The lowest BCUT2D eigenvalue weighted by atomic mass is 10.3. The predicted octanol–water partition coefficient (Wildman–Crippen LogP) is 5.11. The molecule has 0 aliphatic carbocycles. The predicted molar refractivity (Wildman–Crippen MR) is 88.9 cm³/mol. The Labute approximate surface area is 134 Å². The van der Waals surface area contributed by atoms with E-state index < -0.39 is 0 Å².